The molecule has 2 amide bonds. The third kappa shape index (κ3) is 4.26. The molecule has 0 aromatic rings. The summed E-state index contributed by atoms with van der Waals surface area (Å²) in [6.07, 6.45) is 9.14. The molecule has 3 saturated carbocycles. The van der Waals surface area contributed by atoms with Gasteiger partial charge < -0.3 is 14.7 Å². The Balaban J connectivity index is 1.47. The van der Waals surface area contributed by atoms with E-state index < -0.39 is 27.1 Å². The highest BCUT2D eigenvalue weighted by Gasteiger charge is 2.69. The number of hydrogen-bond acceptors (Lipinski definition) is 6. The van der Waals surface area contributed by atoms with Crippen LogP contribution in [0.3, 0.4) is 0 Å². The predicted octanol–water partition coefficient (Wildman–Crippen LogP) is 3.95. The van der Waals surface area contributed by atoms with Crippen LogP contribution in [0.1, 0.15) is 72.1 Å². The molecule has 3 aliphatic carbocycles. The number of rotatable bonds is 4. The van der Waals surface area contributed by atoms with Crippen molar-refractivity contribution in [2.45, 2.75) is 87.8 Å². The molecule has 204 valence electrons. The molecule has 7 nitrogen and oxygen atoms in total. The SMILES string of the molecule is C#CCC[C@]1(C)C[C@@H](OC(=O)NC(=O)[C@H]2CN3CC[C@@H]2C3)[C@@]2(I)C3C(=O)CCC3(CC[C@H]2C)[C@@H](C)[C@@H]1O. The standard InChI is InChI=1S/C29H41IN2O5/c1-5-6-10-27(4)14-22(37-26(36)31-25(35)20-16-32-13-9-19(20)15-32)29(30)17(2)7-11-28(18(3)24(27)34)12-8-21(33)23(28)29/h1,17-20,22-24,34H,6-16H2,2-4H3,(H,31,35,36)/t17-,18+,19-,20+,22-,23?,24+,27-,28?,29-/m1/s1. The number of hydrogen-bond donors (Lipinski definition) is 2. The molecule has 3 unspecified atom stereocenters. The molecule has 11 atom stereocenters. The molecule has 0 radical (unpaired) electrons. The molecular weight excluding hydrogens is 583 g/mol. The molecule has 8 heteroatoms. The second kappa shape index (κ2) is 9.78. The van der Waals surface area contributed by atoms with Gasteiger partial charge in [0.05, 0.1) is 15.4 Å². The molecule has 5 aliphatic rings. The highest BCUT2D eigenvalue weighted by molar-refractivity contribution is 14.1. The zero-order valence-electron chi connectivity index (χ0n) is 22.3. The van der Waals surface area contributed by atoms with E-state index in [0.29, 0.717) is 38.1 Å². The molecule has 0 aromatic heterocycles. The minimum atomic E-state index is -0.736. The maximum atomic E-state index is 13.5. The van der Waals surface area contributed by atoms with E-state index in [1.807, 2.05) is 6.92 Å². The van der Waals surface area contributed by atoms with Gasteiger partial charge in [-0.05, 0) is 73.7 Å². The lowest BCUT2D eigenvalue weighted by Crippen LogP contribution is -2.65. The quantitative estimate of drug-likeness (QED) is 0.280. The van der Waals surface area contributed by atoms with Crippen LogP contribution >= 0.6 is 22.6 Å². The average Bonchev–Trinajstić information content (AvgIpc) is 3.59. The van der Waals surface area contributed by atoms with Crippen molar-refractivity contribution in [3.63, 3.8) is 0 Å². The van der Waals surface area contributed by atoms with Gasteiger partial charge in [0.2, 0.25) is 5.91 Å². The number of aliphatic hydroxyl groups is 1. The van der Waals surface area contributed by atoms with Crippen LogP contribution in [0.15, 0.2) is 0 Å². The van der Waals surface area contributed by atoms with E-state index in [9.17, 15) is 19.5 Å². The first kappa shape index (κ1) is 27.4. The number of terminal acetylenes is 1. The first-order valence-corrected chi connectivity index (χ1v) is 15.1. The molecule has 0 spiro atoms. The second-order valence-electron chi connectivity index (χ2n) is 13.0. The normalized spacial score (nSPS) is 48.5. The number of imide groups is 1. The minimum Gasteiger partial charge on any atom is -0.444 e. The highest BCUT2D eigenvalue weighted by atomic mass is 127. The molecule has 2 N–H and O–H groups in total. The molecule has 2 aliphatic heterocycles. The number of carbonyl (C=O) groups is 3. The predicted molar refractivity (Wildman–Crippen MR) is 148 cm³/mol. The Bertz CT molecular complexity index is 1010. The fourth-order valence-corrected chi connectivity index (χ4v) is 10.6. The van der Waals surface area contributed by atoms with E-state index in [4.69, 9.17) is 11.2 Å². The number of nitrogens with one attached hydrogen (secondary N) is 1. The largest absolute Gasteiger partial charge is 0.444 e. The van der Waals surface area contributed by atoms with Gasteiger partial charge in [-0.15, -0.1) is 12.3 Å². The van der Waals surface area contributed by atoms with Crippen LogP contribution in [-0.4, -0.2) is 63.1 Å². The summed E-state index contributed by atoms with van der Waals surface area (Å²) in [6.45, 7) is 8.93. The number of Topliss-reactive ketones (excluding diaryl/α,β-unsaturated/α-hetero) is 1. The van der Waals surface area contributed by atoms with Gasteiger partial charge in [-0.25, -0.2) is 4.79 Å². The van der Waals surface area contributed by atoms with Crippen LogP contribution in [0.5, 0.6) is 0 Å². The Kier molecular flexibility index (Phi) is 7.24. The first-order valence-electron chi connectivity index (χ1n) is 14.0. The molecular formula is C29H41IN2O5. The molecule has 2 saturated heterocycles. The maximum absolute atomic E-state index is 13.5. The Morgan fingerprint density at radius 3 is 2.68 bits per heavy atom. The number of nitrogens with zero attached hydrogens (tertiary/aromatic N) is 1. The monoisotopic (exact) mass is 624 g/mol. The Morgan fingerprint density at radius 1 is 1.27 bits per heavy atom. The lowest BCUT2D eigenvalue weighted by molar-refractivity contribution is -0.156. The number of ketones is 1. The van der Waals surface area contributed by atoms with Crippen LogP contribution < -0.4 is 5.32 Å². The van der Waals surface area contributed by atoms with Crippen molar-refractivity contribution >= 4 is 40.4 Å². The van der Waals surface area contributed by atoms with Crippen molar-refractivity contribution in [3.8, 4) is 12.3 Å². The van der Waals surface area contributed by atoms with Gasteiger partial charge in [0.15, 0.2) is 0 Å². The summed E-state index contributed by atoms with van der Waals surface area (Å²) in [5.41, 5.74) is -0.914. The van der Waals surface area contributed by atoms with E-state index in [1.54, 1.807) is 0 Å². The molecule has 4 bridgehead atoms. The van der Waals surface area contributed by atoms with Gasteiger partial charge in [0, 0.05) is 31.8 Å². The maximum Gasteiger partial charge on any atom is 0.414 e. The van der Waals surface area contributed by atoms with Gasteiger partial charge >= 0.3 is 6.09 Å². The van der Waals surface area contributed by atoms with Crippen LogP contribution in [0, 0.1) is 52.8 Å². The zero-order chi connectivity index (χ0) is 26.8. The van der Waals surface area contributed by atoms with Crippen molar-refractivity contribution in [2.75, 3.05) is 19.6 Å². The van der Waals surface area contributed by atoms with Crippen molar-refractivity contribution in [3.05, 3.63) is 0 Å². The van der Waals surface area contributed by atoms with Crippen LogP contribution in [0.2, 0.25) is 0 Å². The van der Waals surface area contributed by atoms with E-state index in [2.05, 4.69) is 52.6 Å². The molecule has 5 rings (SSSR count). The number of halogens is 1. The minimum absolute atomic E-state index is 0.0718. The lowest BCUT2D eigenvalue weighted by Gasteiger charge is -2.61. The van der Waals surface area contributed by atoms with Gasteiger partial charge in [-0.3, -0.25) is 14.9 Å². The van der Waals surface area contributed by atoms with Crippen LogP contribution in [0.4, 0.5) is 4.79 Å². The number of piperidine rings is 1. The molecule has 37 heavy (non-hydrogen) atoms. The summed E-state index contributed by atoms with van der Waals surface area (Å²) in [5, 5.41) is 14.4. The number of carbonyl (C=O) groups excluding carboxylic acids is 3. The second-order valence-corrected chi connectivity index (χ2v) is 14.9. The number of fused-ring (bicyclic) bond motifs is 2. The number of amides is 2. The van der Waals surface area contributed by atoms with E-state index in [-0.39, 0.29) is 40.8 Å². The topological polar surface area (TPSA) is 95.9 Å². The van der Waals surface area contributed by atoms with Crippen molar-refractivity contribution in [2.24, 2.45) is 40.4 Å². The van der Waals surface area contributed by atoms with Crippen molar-refractivity contribution in [1.29, 1.82) is 0 Å². The van der Waals surface area contributed by atoms with E-state index in [0.717, 1.165) is 38.8 Å². The zero-order valence-corrected chi connectivity index (χ0v) is 24.5. The summed E-state index contributed by atoms with van der Waals surface area (Å²) in [6, 6.07) is 0. The third-order valence-corrected chi connectivity index (χ3v) is 13.6. The fraction of sp³-hybridized carbons (Fsp3) is 0.828. The number of aliphatic hydroxyl groups excluding tert-OH is 1. The third-order valence-electron chi connectivity index (χ3n) is 11.2. The summed E-state index contributed by atoms with van der Waals surface area (Å²) in [5.74, 6) is 2.55. The van der Waals surface area contributed by atoms with Crippen molar-refractivity contribution in [1.82, 2.24) is 10.2 Å². The summed E-state index contributed by atoms with van der Waals surface area (Å²) in [4.78, 5) is 42.1. The fourth-order valence-electron chi connectivity index (χ4n) is 8.93. The average molecular weight is 625 g/mol. The number of alkyl carbamates (subject to hydrolysis) is 1. The number of ether oxygens (including phenoxy) is 1. The summed E-state index contributed by atoms with van der Waals surface area (Å²) in [7, 11) is 0. The van der Waals surface area contributed by atoms with Gasteiger partial charge in [-0.1, -0.05) is 43.4 Å². The number of alkyl halides is 1. The first-order chi connectivity index (χ1) is 17.5. The Labute approximate surface area is 234 Å². The molecule has 2 heterocycles. The van der Waals surface area contributed by atoms with Gasteiger partial charge in [0.1, 0.15) is 11.9 Å². The summed E-state index contributed by atoms with van der Waals surface area (Å²) < 4.78 is 5.58. The molecule has 0 aromatic carbocycles. The highest BCUT2D eigenvalue weighted by Crippen LogP contribution is 2.67. The van der Waals surface area contributed by atoms with Crippen LogP contribution in [-0.2, 0) is 14.3 Å². The van der Waals surface area contributed by atoms with Gasteiger partial charge in [-0.2, -0.15) is 0 Å². The van der Waals surface area contributed by atoms with Crippen LogP contribution in [0.25, 0.3) is 0 Å². The van der Waals surface area contributed by atoms with Crippen molar-refractivity contribution < 1.29 is 24.2 Å². The van der Waals surface area contributed by atoms with Gasteiger partial charge in [0.25, 0.3) is 0 Å². The van der Waals surface area contributed by atoms with E-state index >= 15 is 0 Å². The Hall–Kier alpha value is -1.18. The molecule has 5 fully saturated rings. The Morgan fingerprint density at radius 2 is 2.03 bits per heavy atom. The lowest BCUT2D eigenvalue weighted by atomic mass is 9.48. The van der Waals surface area contributed by atoms with E-state index in [1.165, 1.54) is 0 Å². The smallest absolute Gasteiger partial charge is 0.414 e. The summed E-state index contributed by atoms with van der Waals surface area (Å²) >= 11 is 2.43.